The molecule has 0 atom stereocenters. The van der Waals surface area contributed by atoms with E-state index in [1.165, 1.54) is 5.56 Å². The third-order valence-electron chi connectivity index (χ3n) is 3.65. The quantitative estimate of drug-likeness (QED) is 0.625. The molecule has 0 saturated carbocycles. The molecular formula is C18H20N4. The average molecular weight is 292 g/mol. The third kappa shape index (κ3) is 3.40. The van der Waals surface area contributed by atoms with Crippen molar-refractivity contribution in [2.75, 3.05) is 6.54 Å². The van der Waals surface area contributed by atoms with Gasteiger partial charge in [0, 0.05) is 13.1 Å². The van der Waals surface area contributed by atoms with Gasteiger partial charge >= 0.3 is 0 Å². The molecule has 22 heavy (non-hydrogen) atoms. The highest BCUT2D eigenvalue weighted by molar-refractivity contribution is 5.73. The first-order chi connectivity index (χ1) is 10.9. The SMILES string of the molecule is C=CCCN(Cc1ccccc1)Cn1nnc2ccccc21. The lowest BCUT2D eigenvalue weighted by molar-refractivity contribution is 0.204. The van der Waals surface area contributed by atoms with Gasteiger partial charge in [0.15, 0.2) is 0 Å². The van der Waals surface area contributed by atoms with Crippen molar-refractivity contribution in [2.24, 2.45) is 0 Å². The van der Waals surface area contributed by atoms with Gasteiger partial charge in [0.1, 0.15) is 5.52 Å². The molecule has 0 aliphatic heterocycles. The normalized spacial score (nSPS) is 11.1. The largest absolute Gasteiger partial charge is 0.280 e. The molecular weight excluding hydrogens is 272 g/mol. The highest BCUT2D eigenvalue weighted by atomic mass is 15.5. The van der Waals surface area contributed by atoms with E-state index in [1.54, 1.807) is 0 Å². The van der Waals surface area contributed by atoms with E-state index in [0.717, 1.165) is 37.2 Å². The standard InChI is InChI=1S/C18H20N4/c1-2-3-13-21(14-16-9-5-4-6-10-16)15-22-18-12-8-7-11-17(18)19-20-22/h2,4-12H,1,3,13-15H2. The Bertz CT molecular complexity index is 733. The van der Waals surface area contributed by atoms with Gasteiger partial charge in [0.2, 0.25) is 0 Å². The molecule has 0 saturated heterocycles. The zero-order valence-electron chi connectivity index (χ0n) is 12.6. The molecule has 0 N–H and O–H groups in total. The van der Waals surface area contributed by atoms with E-state index in [2.05, 4.69) is 52.1 Å². The van der Waals surface area contributed by atoms with Crippen molar-refractivity contribution >= 4 is 11.0 Å². The molecule has 3 aromatic rings. The van der Waals surface area contributed by atoms with Crippen LogP contribution in [0.2, 0.25) is 0 Å². The Hall–Kier alpha value is -2.46. The Morgan fingerprint density at radius 2 is 1.82 bits per heavy atom. The number of hydrogen-bond acceptors (Lipinski definition) is 3. The van der Waals surface area contributed by atoms with Crippen LogP contribution >= 0.6 is 0 Å². The van der Waals surface area contributed by atoms with Crippen molar-refractivity contribution in [1.82, 2.24) is 19.9 Å². The summed E-state index contributed by atoms with van der Waals surface area (Å²) in [6.45, 7) is 6.39. The van der Waals surface area contributed by atoms with Gasteiger partial charge in [-0.3, -0.25) is 4.90 Å². The third-order valence-corrected chi connectivity index (χ3v) is 3.65. The van der Waals surface area contributed by atoms with E-state index in [-0.39, 0.29) is 0 Å². The maximum Gasteiger partial charge on any atom is 0.113 e. The van der Waals surface area contributed by atoms with E-state index in [1.807, 2.05) is 35.0 Å². The molecule has 0 aliphatic carbocycles. The maximum atomic E-state index is 4.28. The molecule has 4 heteroatoms. The molecule has 0 unspecified atom stereocenters. The van der Waals surface area contributed by atoms with E-state index < -0.39 is 0 Å². The summed E-state index contributed by atoms with van der Waals surface area (Å²) < 4.78 is 1.96. The minimum absolute atomic E-state index is 0.725. The van der Waals surface area contributed by atoms with Crippen LogP contribution in [0.15, 0.2) is 67.3 Å². The predicted molar refractivity (Wildman–Crippen MR) is 89.2 cm³/mol. The van der Waals surface area contributed by atoms with Crippen molar-refractivity contribution in [1.29, 1.82) is 0 Å². The summed E-state index contributed by atoms with van der Waals surface area (Å²) >= 11 is 0. The zero-order chi connectivity index (χ0) is 15.2. The van der Waals surface area contributed by atoms with Crippen LogP contribution in [-0.2, 0) is 13.2 Å². The highest BCUT2D eigenvalue weighted by Gasteiger charge is 2.09. The predicted octanol–water partition coefficient (Wildman–Crippen LogP) is 3.47. The first-order valence-corrected chi connectivity index (χ1v) is 7.52. The molecule has 0 aliphatic rings. The lowest BCUT2D eigenvalue weighted by atomic mass is 10.2. The summed E-state index contributed by atoms with van der Waals surface area (Å²) in [7, 11) is 0. The number of fused-ring (bicyclic) bond motifs is 1. The second kappa shape index (κ2) is 7.00. The van der Waals surface area contributed by atoms with Crippen LogP contribution in [0.25, 0.3) is 11.0 Å². The summed E-state index contributed by atoms with van der Waals surface area (Å²) in [5.41, 5.74) is 3.31. The molecule has 1 aromatic heterocycles. The molecule has 4 nitrogen and oxygen atoms in total. The smallest absolute Gasteiger partial charge is 0.113 e. The minimum atomic E-state index is 0.725. The Labute approximate surface area is 130 Å². The van der Waals surface area contributed by atoms with Crippen LogP contribution < -0.4 is 0 Å². The zero-order valence-corrected chi connectivity index (χ0v) is 12.6. The van der Waals surface area contributed by atoms with Crippen LogP contribution in [0.5, 0.6) is 0 Å². The molecule has 0 fully saturated rings. The summed E-state index contributed by atoms with van der Waals surface area (Å²) in [4.78, 5) is 2.36. The monoisotopic (exact) mass is 292 g/mol. The van der Waals surface area contributed by atoms with Gasteiger partial charge in [-0.2, -0.15) is 0 Å². The molecule has 0 bridgehead atoms. The van der Waals surface area contributed by atoms with Gasteiger partial charge in [0.25, 0.3) is 0 Å². The first kappa shape index (κ1) is 14.5. The lowest BCUT2D eigenvalue weighted by Gasteiger charge is -2.21. The summed E-state index contributed by atoms with van der Waals surface area (Å²) in [5, 5.41) is 8.51. The topological polar surface area (TPSA) is 34.0 Å². The van der Waals surface area contributed by atoms with Gasteiger partial charge in [-0.1, -0.05) is 53.8 Å². The van der Waals surface area contributed by atoms with Crippen LogP contribution in [0.3, 0.4) is 0 Å². The Morgan fingerprint density at radius 3 is 2.64 bits per heavy atom. The van der Waals surface area contributed by atoms with Gasteiger partial charge in [-0.15, -0.1) is 11.7 Å². The fourth-order valence-corrected chi connectivity index (χ4v) is 2.53. The highest BCUT2D eigenvalue weighted by Crippen LogP contribution is 2.12. The number of rotatable bonds is 7. The lowest BCUT2D eigenvalue weighted by Crippen LogP contribution is -2.27. The number of para-hydroxylation sites is 1. The second-order valence-electron chi connectivity index (χ2n) is 5.33. The van der Waals surface area contributed by atoms with Crippen LogP contribution in [-0.4, -0.2) is 26.4 Å². The fraction of sp³-hybridized carbons (Fsp3) is 0.222. The molecule has 0 spiro atoms. The number of benzene rings is 2. The van der Waals surface area contributed by atoms with E-state index >= 15 is 0 Å². The van der Waals surface area contributed by atoms with Gasteiger partial charge in [-0.05, 0) is 24.1 Å². The van der Waals surface area contributed by atoms with Crippen molar-refractivity contribution < 1.29 is 0 Å². The number of hydrogen-bond donors (Lipinski definition) is 0. The summed E-state index contributed by atoms with van der Waals surface area (Å²) in [6, 6.07) is 18.6. The van der Waals surface area contributed by atoms with Crippen LogP contribution in [0, 0.1) is 0 Å². The molecule has 112 valence electrons. The maximum absolute atomic E-state index is 4.28. The van der Waals surface area contributed by atoms with Gasteiger partial charge in [0.05, 0.1) is 12.2 Å². The fourth-order valence-electron chi connectivity index (χ4n) is 2.53. The average Bonchev–Trinajstić information content (AvgIpc) is 2.97. The van der Waals surface area contributed by atoms with E-state index in [4.69, 9.17) is 0 Å². The number of nitrogens with zero attached hydrogens (tertiary/aromatic N) is 4. The van der Waals surface area contributed by atoms with Gasteiger partial charge in [-0.25, -0.2) is 4.68 Å². The minimum Gasteiger partial charge on any atom is -0.280 e. The Balaban J connectivity index is 1.78. The van der Waals surface area contributed by atoms with Crippen molar-refractivity contribution in [2.45, 2.75) is 19.6 Å². The number of aromatic nitrogens is 3. The summed E-state index contributed by atoms with van der Waals surface area (Å²) in [5.74, 6) is 0. The van der Waals surface area contributed by atoms with Gasteiger partial charge < -0.3 is 0 Å². The molecule has 0 radical (unpaired) electrons. The van der Waals surface area contributed by atoms with Crippen molar-refractivity contribution in [3.63, 3.8) is 0 Å². The van der Waals surface area contributed by atoms with Crippen LogP contribution in [0.1, 0.15) is 12.0 Å². The second-order valence-corrected chi connectivity index (χ2v) is 5.33. The Morgan fingerprint density at radius 1 is 1.05 bits per heavy atom. The molecule has 0 amide bonds. The van der Waals surface area contributed by atoms with E-state index in [9.17, 15) is 0 Å². The van der Waals surface area contributed by atoms with Crippen molar-refractivity contribution in [3.8, 4) is 0 Å². The molecule has 2 aromatic carbocycles. The molecule has 1 heterocycles. The van der Waals surface area contributed by atoms with Crippen molar-refractivity contribution in [3.05, 3.63) is 72.8 Å². The molecule has 3 rings (SSSR count). The Kier molecular flexibility index (Phi) is 4.61. The van der Waals surface area contributed by atoms with Crippen LogP contribution in [0.4, 0.5) is 0 Å². The summed E-state index contributed by atoms with van der Waals surface area (Å²) in [6.07, 6.45) is 2.91. The van der Waals surface area contributed by atoms with E-state index in [0.29, 0.717) is 0 Å². The first-order valence-electron chi connectivity index (χ1n) is 7.52.